The van der Waals surface area contributed by atoms with Crippen molar-refractivity contribution in [1.29, 1.82) is 0 Å². The van der Waals surface area contributed by atoms with Gasteiger partial charge in [0.1, 0.15) is 10.9 Å². The van der Waals surface area contributed by atoms with Crippen LogP contribution in [0.2, 0.25) is 0 Å². The maximum atomic E-state index is 14.3. The Kier molecular flexibility index (Phi) is 9.57. The van der Waals surface area contributed by atoms with Gasteiger partial charge in [-0.3, -0.25) is 9.88 Å². The lowest BCUT2D eigenvalue weighted by atomic mass is 9.94. The maximum absolute atomic E-state index is 14.3. The predicted octanol–water partition coefficient (Wildman–Crippen LogP) is 6.95. The number of nitrogens with one attached hydrogen (secondary N) is 1. The number of amides is 1. The van der Waals surface area contributed by atoms with Crippen molar-refractivity contribution in [3.05, 3.63) is 84.2 Å². The zero-order valence-electron chi connectivity index (χ0n) is 25.8. The van der Waals surface area contributed by atoms with E-state index >= 15 is 0 Å². The van der Waals surface area contributed by atoms with Gasteiger partial charge in [-0.05, 0) is 93.0 Å². The van der Waals surface area contributed by atoms with Gasteiger partial charge in [-0.2, -0.15) is 0 Å². The van der Waals surface area contributed by atoms with Gasteiger partial charge in [0.15, 0.2) is 9.84 Å². The normalized spacial score (nSPS) is 21.7. The number of unbranched alkanes of at least 4 members (excludes halogenated alkanes) is 3. The molecule has 0 radical (unpaired) electrons. The Bertz CT molecular complexity index is 1490. The number of aromatic nitrogens is 1. The fourth-order valence-corrected chi connectivity index (χ4v) is 8.80. The third-order valence-corrected chi connectivity index (χ3v) is 10.9. The Morgan fingerprint density at radius 2 is 1.70 bits per heavy atom. The first-order chi connectivity index (χ1) is 20.6. The predicted molar refractivity (Wildman–Crippen MR) is 170 cm³/mol. The summed E-state index contributed by atoms with van der Waals surface area (Å²) in [7, 11) is -3.75. The van der Waals surface area contributed by atoms with E-state index in [9.17, 15) is 13.2 Å². The van der Waals surface area contributed by atoms with Crippen molar-refractivity contribution in [1.82, 2.24) is 15.2 Å². The van der Waals surface area contributed by atoms with Crippen LogP contribution in [0.25, 0.3) is 11.1 Å². The molecule has 3 heterocycles. The van der Waals surface area contributed by atoms with Crippen LogP contribution in [0.15, 0.2) is 78.0 Å². The Labute approximate surface area is 257 Å². The summed E-state index contributed by atoms with van der Waals surface area (Å²) in [5.74, 6) is 0. The summed E-state index contributed by atoms with van der Waals surface area (Å²) in [4.78, 5) is 19.7. The topological polar surface area (TPSA) is 88.6 Å². The van der Waals surface area contributed by atoms with Gasteiger partial charge in [0.05, 0.1) is 17.0 Å². The minimum atomic E-state index is -3.75. The Morgan fingerprint density at radius 1 is 0.953 bits per heavy atom. The Hall–Kier alpha value is -3.23. The monoisotopic (exact) mass is 603 g/mol. The van der Waals surface area contributed by atoms with E-state index in [-0.39, 0.29) is 6.04 Å². The van der Waals surface area contributed by atoms with Crippen LogP contribution in [0.3, 0.4) is 0 Å². The molecule has 0 spiro atoms. The number of sulfone groups is 1. The second kappa shape index (κ2) is 13.2. The van der Waals surface area contributed by atoms with Crippen molar-refractivity contribution < 1.29 is 17.9 Å². The highest BCUT2D eigenvalue weighted by Gasteiger charge is 2.60. The number of benzene rings is 2. The van der Waals surface area contributed by atoms with Crippen LogP contribution >= 0.6 is 0 Å². The van der Waals surface area contributed by atoms with E-state index in [1.165, 1.54) is 19.3 Å². The summed E-state index contributed by atoms with van der Waals surface area (Å²) in [5.41, 5.74) is 3.60. The number of carbonyl (C=O) groups excluding carboxylic acids is 1. The minimum absolute atomic E-state index is 0.265. The average Bonchev–Trinajstić information content (AvgIpc) is 3.55. The summed E-state index contributed by atoms with van der Waals surface area (Å²) >= 11 is 0. The Balaban J connectivity index is 1.40. The molecule has 1 aromatic heterocycles. The fourth-order valence-electron chi connectivity index (χ4n) is 6.63. The van der Waals surface area contributed by atoms with Gasteiger partial charge in [0.25, 0.3) is 0 Å². The number of ether oxygens (including phenoxy) is 1. The number of rotatable bonds is 11. The molecule has 0 aliphatic carbocycles. The van der Waals surface area contributed by atoms with E-state index in [1.807, 2.05) is 69.4 Å². The summed E-state index contributed by atoms with van der Waals surface area (Å²) < 4.78 is 34.4. The van der Waals surface area contributed by atoms with Crippen molar-refractivity contribution in [2.45, 2.75) is 113 Å². The molecular formula is C35H45N3O4S. The van der Waals surface area contributed by atoms with Gasteiger partial charge >= 0.3 is 6.09 Å². The summed E-state index contributed by atoms with van der Waals surface area (Å²) in [6.45, 7) is 8.19. The van der Waals surface area contributed by atoms with Gasteiger partial charge in [0, 0.05) is 25.0 Å². The number of fused-ring (bicyclic) bond motifs is 2. The molecule has 43 heavy (non-hydrogen) atoms. The molecule has 3 aromatic rings. The molecule has 2 aromatic carbocycles. The van der Waals surface area contributed by atoms with E-state index in [1.54, 1.807) is 23.2 Å². The zero-order valence-corrected chi connectivity index (χ0v) is 26.6. The second-order valence-electron chi connectivity index (χ2n) is 12.9. The van der Waals surface area contributed by atoms with E-state index in [0.29, 0.717) is 17.9 Å². The van der Waals surface area contributed by atoms with Gasteiger partial charge in [-0.1, -0.05) is 62.6 Å². The summed E-state index contributed by atoms with van der Waals surface area (Å²) in [6.07, 6.45) is 10.2. The van der Waals surface area contributed by atoms with Crippen molar-refractivity contribution in [3.8, 4) is 11.1 Å². The molecule has 5 rings (SSSR count). The molecule has 8 heteroatoms. The molecule has 2 fully saturated rings. The second-order valence-corrected chi connectivity index (χ2v) is 15.0. The SMILES string of the molecule is CCCCCCc1ccc(S(=O)(=O)[C@H]2[C@H](NCc3cccc(-c4cccnc4)c3)[C@H]3CC[C@@H]2N3C(=O)OC(C)(C)C)cc1. The highest BCUT2D eigenvalue weighted by Crippen LogP contribution is 2.44. The first kappa shape index (κ1) is 31.2. The summed E-state index contributed by atoms with van der Waals surface area (Å²) in [6, 6.07) is 18.4. The zero-order chi connectivity index (χ0) is 30.6. The van der Waals surface area contributed by atoms with Crippen LogP contribution in [0.4, 0.5) is 4.79 Å². The van der Waals surface area contributed by atoms with Crippen LogP contribution in [-0.2, 0) is 27.5 Å². The first-order valence-corrected chi connectivity index (χ1v) is 17.2. The minimum Gasteiger partial charge on any atom is -0.444 e. The highest BCUT2D eigenvalue weighted by molar-refractivity contribution is 7.92. The molecule has 4 atom stereocenters. The van der Waals surface area contributed by atoms with E-state index in [4.69, 9.17) is 4.74 Å². The summed E-state index contributed by atoms with van der Waals surface area (Å²) in [5, 5.41) is 2.82. The molecule has 230 valence electrons. The number of hydrogen-bond acceptors (Lipinski definition) is 6. The van der Waals surface area contributed by atoms with Gasteiger partial charge in [-0.15, -0.1) is 0 Å². The van der Waals surface area contributed by atoms with Crippen LogP contribution in [0.5, 0.6) is 0 Å². The molecule has 0 saturated carbocycles. The van der Waals surface area contributed by atoms with E-state index < -0.39 is 38.9 Å². The number of aryl methyl sites for hydroxylation is 1. The Morgan fingerprint density at radius 3 is 2.40 bits per heavy atom. The average molecular weight is 604 g/mol. The lowest BCUT2D eigenvalue weighted by Gasteiger charge is -2.29. The third kappa shape index (κ3) is 7.13. The van der Waals surface area contributed by atoms with Crippen molar-refractivity contribution in [2.24, 2.45) is 0 Å². The highest BCUT2D eigenvalue weighted by atomic mass is 32.2. The van der Waals surface area contributed by atoms with Gasteiger partial charge in [0.2, 0.25) is 0 Å². The van der Waals surface area contributed by atoms with Crippen molar-refractivity contribution in [3.63, 3.8) is 0 Å². The molecule has 2 aliphatic heterocycles. The van der Waals surface area contributed by atoms with E-state index in [0.717, 1.165) is 41.5 Å². The molecule has 2 bridgehead atoms. The lowest BCUT2D eigenvalue weighted by molar-refractivity contribution is 0.0210. The number of pyridine rings is 1. The largest absolute Gasteiger partial charge is 0.444 e. The number of nitrogens with zero attached hydrogens (tertiary/aromatic N) is 2. The molecule has 1 N–H and O–H groups in total. The quantitative estimate of drug-likeness (QED) is 0.239. The van der Waals surface area contributed by atoms with Crippen LogP contribution in [0.1, 0.15) is 77.3 Å². The molecule has 2 saturated heterocycles. The first-order valence-electron chi connectivity index (χ1n) is 15.7. The molecular weight excluding hydrogens is 558 g/mol. The molecule has 1 amide bonds. The van der Waals surface area contributed by atoms with Crippen LogP contribution < -0.4 is 5.32 Å². The standard InChI is InChI=1S/C35H45N3O4S/c1-5-6-7-8-11-25-15-17-29(18-16-25)43(40,41)33-31-20-19-30(38(31)34(39)42-35(2,3)4)32(33)37-23-26-12-9-13-27(22-26)28-14-10-21-36-24-28/h9-10,12-18,21-22,24,30-33,37H,5-8,11,19-20,23H2,1-4H3/t30-,31+,32-,33-/m1/s1. The van der Waals surface area contributed by atoms with Gasteiger partial charge in [-0.25, -0.2) is 13.2 Å². The van der Waals surface area contributed by atoms with Crippen LogP contribution in [0, 0.1) is 0 Å². The van der Waals surface area contributed by atoms with Gasteiger partial charge < -0.3 is 10.1 Å². The number of hydrogen-bond donors (Lipinski definition) is 1. The number of carbonyl (C=O) groups is 1. The lowest BCUT2D eigenvalue weighted by Crippen LogP contribution is -2.50. The van der Waals surface area contributed by atoms with Crippen LogP contribution in [-0.4, -0.2) is 53.4 Å². The smallest absolute Gasteiger partial charge is 0.410 e. The molecule has 7 nitrogen and oxygen atoms in total. The fraction of sp³-hybridized carbons (Fsp3) is 0.486. The molecule has 0 unspecified atom stereocenters. The third-order valence-electron chi connectivity index (χ3n) is 8.62. The van der Waals surface area contributed by atoms with Crippen molar-refractivity contribution in [2.75, 3.05) is 0 Å². The maximum Gasteiger partial charge on any atom is 0.410 e. The molecule has 2 aliphatic rings. The van der Waals surface area contributed by atoms with Crippen molar-refractivity contribution >= 4 is 15.9 Å². The van der Waals surface area contributed by atoms with E-state index in [2.05, 4.69) is 23.3 Å².